The lowest BCUT2D eigenvalue weighted by atomic mass is 9.98. The zero-order chi connectivity index (χ0) is 25.2. The van der Waals surface area contributed by atoms with Crippen LogP contribution in [-0.2, 0) is 11.8 Å². The number of nitrogens with one attached hydrogen (secondary N) is 1. The molecule has 36 heavy (non-hydrogen) atoms. The van der Waals surface area contributed by atoms with E-state index in [1.807, 2.05) is 48.0 Å². The first-order valence-electron chi connectivity index (χ1n) is 12.3. The van der Waals surface area contributed by atoms with Crippen molar-refractivity contribution in [3.05, 3.63) is 67.0 Å². The van der Waals surface area contributed by atoms with E-state index < -0.39 is 0 Å². The van der Waals surface area contributed by atoms with E-state index in [2.05, 4.69) is 34.0 Å². The van der Waals surface area contributed by atoms with Crippen LogP contribution in [0, 0.1) is 5.92 Å². The molecule has 1 amide bonds. The van der Waals surface area contributed by atoms with E-state index in [1.54, 1.807) is 6.92 Å². The second-order valence-electron chi connectivity index (χ2n) is 9.54. The van der Waals surface area contributed by atoms with Gasteiger partial charge in [0.1, 0.15) is 23.5 Å². The first kappa shape index (κ1) is 23.6. The Morgan fingerprint density at radius 1 is 1.08 bits per heavy atom. The van der Waals surface area contributed by atoms with E-state index in [-0.39, 0.29) is 5.91 Å². The van der Waals surface area contributed by atoms with Crippen molar-refractivity contribution in [3.63, 3.8) is 0 Å². The van der Waals surface area contributed by atoms with Crippen LogP contribution in [0.4, 0.5) is 11.5 Å². The van der Waals surface area contributed by atoms with Crippen LogP contribution in [0.25, 0.3) is 33.4 Å². The first-order chi connectivity index (χ1) is 17.4. The average molecular weight is 482 g/mol. The fraction of sp³-hybridized carbons (Fsp3) is 0.276. The minimum atomic E-state index is -0.202. The van der Waals surface area contributed by atoms with E-state index >= 15 is 0 Å². The number of aryl methyl sites for hydroxylation is 1. The number of ether oxygens (including phenoxy) is 1. The number of carbonyl (C=O) groups excluding carboxylic acids is 1. The van der Waals surface area contributed by atoms with E-state index in [9.17, 15) is 4.79 Å². The largest absolute Gasteiger partial charge is 0.493 e. The lowest BCUT2D eigenvalue weighted by molar-refractivity contribution is -0.112. The standard InChI is InChI=1S/C29H31N5O2/c1-18(2)29(35)33-22-12-8-21(9-13-22)26-24(25-27(30)31-17-32-28(25)34(26)3)20-10-14-23(15-11-20)36-16-19-6-4-5-7-19/h8-15,17,19H,1,4-7,16H2,2-3H3,(H,33,35)(H2,30,31,32). The Hall–Kier alpha value is -4.13. The third kappa shape index (κ3) is 4.56. The van der Waals surface area contributed by atoms with Crippen molar-refractivity contribution in [1.29, 1.82) is 0 Å². The topological polar surface area (TPSA) is 95.1 Å². The summed E-state index contributed by atoms with van der Waals surface area (Å²) in [6, 6.07) is 15.9. The number of anilines is 2. The van der Waals surface area contributed by atoms with Gasteiger partial charge < -0.3 is 20.4 Å². The first-order valence-corrected chi connectivity index (χ1v) is 12.3. The number of amides is 1. The number of nitrogen functional groups attached to an aromatic ring is 1. The van der Waals surface area contributed by atoms with Gasteiger partial charge in [-0.1, -0.05) is 43.7 Å². The molecule has 2 aromatic heterocycles. The molecule has 1 saturated carbocycles. The predicted molar refractivity (Wildman–Crippen MR) is 145 cm³/mol. The molecule has 0 radical (unpaired) electrons. The molecule has 0 bridgehead atoms. The maximum absolute atomic E-state index is 12.0. The van der Waals surface area contributed by atoms with Gasteiger partial charge in [-0.25, -0.2) is 9.97 Å². The van der Waals surface area contributed by atoms with Crippen LogP contribution in [-0.4, -0.2) is 27.0 Å². The maximum atomic E-state index is 12.0. The molecule has 0 unspecified atom stereocenters. The van der Waals surface area contributed by atoms with E-state index in [0.29, 0.717) is 23.0 Å². The van der Waals surface area contributed by atoms with Gasteiger partial charge in [-0.3, -0.25) is 4.79 Å². The summed E-state index contributed by atoms with van der Waals surface area (Å²) >= 11 is 0. The number of fused-ring (bicyclic) bond motifs is 1. The summed E-state index contributed by atoms with van der Waals surface area (Å²) in [7, 11) is 1.98. The average Bonchev–Trinajstić information content (AvgIpc) is 3.51. The summed E-state index contributed by atoms with van der Waals surface area (Å²) in [5.41, 5.74) is 12.2. The van der Waals surface area contributed by atoms with Crippen LogP contribution >= 0.6 is 0 Å². The predicted octanol–water partition coefficient (Wildman–Crippen LogP) is 5.97. The third-order valence-electron chi connectivity index (χ3n) is 6.90. The molecule has 1 aliphatic rings. The van der Waals surface area contributed by atoms with Gasteiger partial charge in [0.05, 0.1) is 17.7 Å². The molecule has 4 aromatic rings. The summed E-state index contributed by atoms with van der Waals surface area (Å²) < 4.78 is 8.11. The Kier molecular flexibility index (Phi) is 6.46. The monoisotopic (exact) mass is 481 g/mol. The van der Waals surface area contributed by atoms with Gasteiger partial charge in [0.2, 0.25) is 0 Å². The van der Waals surface area contributed by atoms with Crippen LogP contribution in [0.5, 0.6) is 5.75 Å². The Morgan fingerprint density at radius 2 is 1.75 bits per heavy atom. The lowest BCUT2D eigenvalue weighted by Gasteiger charge is -2.13. The number of hydrogen-bond acceptors (Lipinski definition) is 5. The second kappa shape index (κ2) is 9.85. The van der Waals surface area contributed by atoms with E-state index in [0.717, 1.165) is 45.8 Å². The van der Waals surface area contributed by atoms with Crippen LogP contribution in [0.2, 0.25) is 0 Å². The molecule has 7 heteroatoms. The number of hydrogen-bond donors (Lipinski definition) is 2. The number of rotatable bonds is 7. The molecule has 0 aliphatic heterocycles. The van der Waals surface area contributed by atoms with Crippen molar-refractivity contribution in [2.45, 2.75) is 32.6 Å². The van der Waals surface area contributed by atoms with Gasteiger partial charge in [-0.2, -0.15) is 0 Å². The van der Waals surface area contributed by atoms with Gasteiger partial charge in [0, 0.05) is 23.9 Å². The Morgan fingerprint density at radius 3 is 2.42 bits per heavy atom. The molecule has 7 nitrogen and oxygen atoms in total. The SMILES string of the molecule is C=C(C)C(=O)Nc1ccc(-c2c(-c3ccc(OCC4CCCC4)cc3)c3c(N)ncnc3n2C)cc1. The molecular formula is C29H31N5O2. The van der Waals surface area contributed by atoms with Gasteiger partial charge in [0.25, 0.3) is 5.91 Å². The summed E-state index contributed by atoms with van der Waals surface area (Å²) in [5, 5.41) is 3.67. The van der Waals surface area contributed by atoms with Crippen molar-refractivity contribution >= 4 is 28.4 Å². The maximum Gasteiger partial charge on any atom is 0.250 e. The van der Waals surface area contributed by atoms with Crippen LogP contribution in [0.15, 0.2) is 67.0 Å². The van der Waals surface area contributed by atoms with Crippen molar-refractivity contribution in [2.75, 3.05) is 17.7 Å². The summed E-state index contributed by atoms with van der Waals surface area (Å²) in [4.78, 5) is 20.8. The molecule has 2 aromatic carbocycles. The Bertz CT molecular complexity index is 1420. The number of carbonyl (C=O) groups is 1. The van der Waals surface area contributed by atoms with Gasteiger partial charge in [0.15, 0.2) is 0 Å². The highest BCUT2D eigenvalue weighted by Crippen LogP contribution is 2.42. The number of aromatic nitrogens is 3. The molecule has 0 spiro atoms. The normalized spacial score (nSPS) is 13.7. The Labute approximate surface area is 211 Å². The van der Waals surface area contributed by atoms with E-state index in [4.69, 9.17) is 10.5 Å². The molecule has 1 fully saturated rings. The van der Waals surface area contributed by atoms with Crippen molar-refractivity contribution in [3.8, 4) is 28.1 Å². The highest BCUT2D eigenvalue weighted by Gasteiger charge is 2.22. The Balaban J connectivity index is 1.52. The fourth-order valence-electron chi connectivity index (χ4n) is 4.95. The van der Waals surface area contributed by atoms with Crippen LogP contribution < -0.4 is 15.8 Å². The zero-order valence-corrected chi connectivity index (χ0v) is 20.8. The van der Waals surface area contributed by atoms with Crippen molar-refractivity contribution in [1.82, 2.24) is 14.5 Å². The molecule has 5 rings (SSSR count). The van der Waals surface area contributed by atoms with Crippen LogP contribution in [0.3, 0.4) is 0 Å². The van der Waals surface area contributed by atoms with E-state index in [1.165, 1.54) is 32.0 Å². The number of nitrogens with two attached hydrogens (primary N) is 1. The van der Waals surface area contributed by atoms with Gasteiger partial charge >= 0.3 is 0 Å². The smallest absolute Gasteiger partial charge is 0.250 e. The minimum Gasteiger partial charge on any atom is -0.493 e. The molecule has 184 valence electrons. The fourth-order valence-corrected chi connectivity index (χ4v) is 4.95. The zero-order valence-electron chi connectivity index (χ0n) is 20.8. The molecule has 3 N–H and O–H groups in total. The number of benzene rings is 2. The lowest BCUT2D eigenvalue weighted by Crippen LogP contribution is -2.11. The summed E-state index contributed by atoms with van der Waals surface area (Å²) in [6.45, 7) is 6.15. The summed E-state index contributed by atoms with van der Waals surface area (Å²) in [5.74, 6) is 1.76. The van der Waals surface area contributed by atoms with Crippen LogP contribution in [0.1, 0.15) is 32.6 Å². The molecule has 0 atom stereocenters. The molecular weight excluding hydrogens is 450 g/mol. The quantitative estimate of drug-likeness (QED) is 0.317. The minimum absolute atomic E-state index is 0.202. The third-order valence-corrected chi connectivity index (χ3v) is 6.90. The highest BCUT2D eigenvalue weighted by atomic mass is 16.5. The van der Waals surface area contributed by atoms with Crippen molar-refractivity contribution < 1.29 is 9.53 Å². The summed E-state index contributed by atoms with van der Waals surface area (Å²) in [6.07, 6.45) is 6.61. The number of nitrogens with zero attached hydrogens (tertiary/aromatic N) is 3. The second-order valence-corrected chi connectivity index (χ2v) is 9.54. The van der Waals surface area contributed by atoms with Gasteiger partial charge in [-0.05, 0) is 61.1 Å². The molecule has 2 heterocycles. The molecule has 0 saturated heterocycles. The molecule has 1 aliphatic carbocycles. The van der Waals surface area contributed by atoms with Crippen molar-refractivity contribution in [2.24, 2.45) is 13.0 Å². The highest BCUT2D eigenvalue weighted by molar-refractivity contribution is 6.08. The van der Waals surface area contributed by atoms with Gasteiger partial charge in [-0.15, -0.1) is 0 Å².